The van der Waals surface area contributed by atoms with Crippen LogP contribution in [0.4, 0.5) is 0 Å². The number of aliphatic hydroxyl groups excluding tert-OH is 1. The molecule has 2 N–H and O–H groups in total. The van der Waals surface area contributed by atoms with E-state index in [0.29, 0.717) is 13.2 Å². The van der Waals surface area contributed by atoms with Crippen molar-refractivity contribution in [2.75, 3.05) is 26.9 Å². The van der Waals surface area contributed by atoms with Crippen LogP contribution in [0, 0.1) is 5.41 Å². The van der Waals surface area contributed by atoms with E-state index in [9.17, 15) is 5.11 Å². The molecule has 4 nitrogen and oxygen atoms in total. The third-order valence-corrected chi connectivity index (χ3v) is 4.59. The lowest BCUT2D eigenvalue weighted by Gasteiger charge is -2.38. The zero-order valence-corrected chi connectivity index (χ0v) is 13.8. The first kappa shape index (κ1) is 17.3. The Hall–Kier alpha value is -1.10. The Balaban J connectivity index is 1.80. The average molecular weight is 307 g/mol. The summed E-state index contributed by atoms with van der Waals surface area (Å²) >= 11 is 0. The molecule has 0 bridgehead atoms. The summed E-state index contributed by atoms with van der Waals surface area (Å²) in [5.41, 5.74) is 1.20. The number of methoxy groups -OCH3 is 1. The average Bonchev–Trinajstić information content (AvgIpc) is 2.51. The fraction of sp³-hybridized carbons (Fsp3) is 0.667. The standard InChI is InChI=1S/C18H29NO3/c1-18(9-4-3-8-17(18)20)14-19-13-15-6-5-7-16(12-15)22-11-10-21-2/h5-7,12,17,19-20H,3-4,8-11,13-14H2,1-2H3. The summed E-state index contributed by atoms with van der Waals surface area (Å²) in [4.78, 5) is 0. The van der Waals surface area contributed by atoms with E-state index in [1.807, 2.05) is 12.1 Å². The van der Waals surface area contributed by atoms with Crippen LogP contribution in [0.1, 0.15) is 38.2 Å². The van der Waals surface area contributed by atoms with Crippen LogP contribution >= 0.6 is 0 Å². The molecule has 1 aliphatic rings. The largest absolute Gasteiger partial charge is 0.491 e. The van der Waals surface area contributed by atoms with Crippen LogP contribution in [-0.2, 0) is 11.3 Å². The lowest BCUT2D eigenvalue weighted by atomic mass is 9.73. The molecule has 4 heteroatoms. The van der Waals surface area contributed by atoms with Crippen molar-refractivity contribution in [1.29, 1.82) is 0 Å². The fourth-order valence-electron chi connectivity index (χ4n) is 3.07. The van der Waals surface area contributed by atoms with E-state index in [2.05, 4.69) is 24.4 Å². The van der Waals surface area contributed by atoms with Gasteiger partial charge in [-0.3, -0.25) is 0 Å². The lowest BCUT2D eigenvalue weighted by Crippen LogP contribution is -2.43. The number of benzene rings is 1. The van der Waals surface area contributed by atoms with Crippen LogP contribution in [0.25, 0.3) is 0 Å². The molecule has 2 atom stereocenters. The molecule has 0 saturated heterocycles. The number of nitrogens with one attached hydrogen (secondary N) is 1. The summed E-state index contributed by atoms with van der Waals surface area (Å²) in [5.74, 6) is 0.875. The molecule has 1 saturated carbocycles. The van der Waals surface area contributed by atoms with Gasteiger partial charge >= 0.3 is 0 Å². The molecule has 0 aromatic heterocycles. The molecule has 0 aliphatic heterocycles. The smallest absolute Gasteiger partial charge is 0.119 e. The number of rotatable bonds is 8. The summed E-state index contributed by atoms with van der Waals surface area (Å²) in [6, 6.07) is 8.12. The van der Waals surface area contributed by atoms with Gasteiger partial charge in [0.1, 0.15) is 12.4 Å². The van der Waals surface area contributed by atoms with Crippen LogP contribution in [-0.4, -0.2) is 38.1 Å². The van der Waals surface area contributed by atoms with Gasteiger partial charge in [-0.05, 0) is 30.5 Å². The SMILES string of the molecule is COCCOc1cccc(CNCC2(C)CCCCC2O)c1. The van der Waals surface area contributed by atoms with Gasteiger partial charge in [-0.25, -0.2) is 0 Å². The maximum absolute atomic E-state index is 10.2. The Morgan fingerprint density at radius 1 is 1.32 bits per heavy atom. The molecule has 2 unspecified atom stereocenters. The molecule has 1 aromatic rings. The van der Waals surface area contributed by atoms with E-state index >= 15 is 0 Å². The summed E-state index contributed by atoms with van der Waals surface area (Å²) in [5, 5.41) is 13.7. The topological polar surface area (TPSA) is 50.7 Å². The van der Waals surface area contributed by atoms with Crippen LogP contribution < -0.4 is 10.1 Å². The molecule has 0 heterocycles. The predicted octanol–water partition coefficient (Wildman–Crippen LogP) is 2.74. The van der Waals surface area contributed by atoms with Gasteiger partial charge in [-0.1, -0.05) is 31.9 Å². The van der Waals surface area contributed by atoms with Gasteiger partial charge in [0.05, 0.1) is 12.7 Å². The molecule has 124 valence electrons. The van der Waals surface area contributed by atoms with Gasteiger partial charge in [0.25, 0.3) is 0 Å². The molecule has 0 radical (unpaired) electrons. The maximum Gasteiger partial charge on any atom is 0.119 e. The van der Waals surface area contributed by atoms with Crippen LogP contribution in [0.15, 0.2) is 24.3 Å². The summed E-state index contributed by atoms with van der Waals surface area (Å²) in [7, 11) is 1.67. The highest BCUT2D eigenvalue weighted by Gasteiger charge is 2.34. The van der Waals surface area contributed by atoms with E-state index < -0.39 is 0 Å². The first-order valence-corrected chi connectivity index (χ1v) is 8.23. The monoisotopic (exact) mass is 307 g/mol. The molecule has 0 amide bonds. The minimum absolute atomic E-state index is 0.00479. The van der Waals surface area contributed by atoms with Crippen molar-refractivity contribution in [3.63, 3.8) is 0 Å². The Morgan fingerprint density at radius 2 is 2.18 bits per heavy atom. The van der Waals surface area contributed by atoms with E-state index in [0.717, 1.165) is 38.1 Å². The Morgan fingerprint density at radius 3 is 2.95 bits per heavy atom. The minimum atomic E-state index is -0.183. The lowest BCUT2D eigenvalue weighted by molar-refractivity contribution is 0.00115. The molecule has 1 aromatic carbocycles. The molecule has 2 rings (SSSR count). The molecule has 1 fully saturated rings. The molecule has 0 spiro atoms. The van der Waals surface area contributed by atoms with Gasteiger partial charge in [0.2, 0.25) is 0 Å². The zero-order chi connectivity index (χ0) is 15.8. The van der Waals surface area contributed by atoms with Gasteiger partial charge in [-0.2, -0.15) is 0 Å². The van der Waals surface area contributed by atoms with Gasteiger partial charge < -0.3 is 19.9 Å². The van der Waals surface area contributed by atoms with Gasteiger partial charge in [0.15, 0.2) is 0 Å². The Kier molecular flexibility index (Phi) is 6.68. The molecular formula is C18H29NO3. The van der Waals surface area contributed by atoms with E-state index in [4.69, 9.17) is 9.47 Å². The van der Waals surface area contributed by atoms with Crippen LogP contribution in [0.3, 0.4) is 0 Å². The second kappa shape index (κ2) is 8.51. The first-order valence-electron chi connectivity index (χ1n) is 8.23. The highest BCUT2D eigenvalue weighted by Crippen LogP contribution is 2.35. The van der Waals surface area contributed by atoms with Gasteiger partial charge in [0, 0.05) is 25.6 Å². The number of aliphatic hydroxyl groups is 1. The van der Waals surface area contributed by atoms with Crippen LogP contribution in [0.5, 0.6) is 5.75 Å². The third-order valence-electron chi connectivity index (χ3n) is 4.59. The highest BCUT2D eigenvalue weighted by atomic mass is 16.5. The van der Waals surface area contributed by atoms with Crippen molar-refractivity contribution >= 4 is 0 Å². The van der Waals surface area contributed by atoms with Crippen molar-refractivity contribution in [3.8, 4) is 5.75 Å². The minimum Gasteiger partial charge on any atom is -0.491 e. The predicted molar refractivity (Wildman–Crippen MR) is 88.1 cm³/mol. The summed E-state index contributed by atoms with van der Waals surface area (Å²) in [6.07, 6.45) is 4.22. The highest BCUT2D eigenvalue weighted by molar-refractivity contribution is 5.28. The molecule has 1 aliphatic carbocycles. The van der Waals surface area contributed by atoms with Crippen molar-refractivity contribution in [2.24, 2.45) is 5.41 Å². The second-order valence-corrected chi connectivity index (χ2v) is 6.51. The van der Waals surface area contributed by atoms with Gasteiger partial charge in [-0.15, -0.1) is 0 Å². The number of hydrogen-bond acceptors (Lipinski definition) is 4. The van der Waals surface area contributed by atoms with Crippen molar-refractivity contribution in [3.05, 3.63) is 29.8 Å². The van der Waals surface area contributed by atoms with E-state index in [1.54, 1.807) is 7.11 Å². The summed E-state index contributed by atoms with van der Waals surface area (Å²) < 4.78 is 10.6. The van der Waals surface area contributed by atoms with E-state index in [1.165, 1.54) is 12.0 Å². The molecular weight excluding hydrogens is 278 g/mol. The van der Waals surface area contributed by atoms with E-state index in [-0.39, 0.29) is 11.5 Å². The maximum atomic E-state index is 10.2. The fourth-order valence-corrected chi connectivity index (χ4v) is 3.07. The van der Waals surface area contributed by atoms with Crippen molar-refractivity contribution < 1.29 is 14.6 Å². The van der Waals surface area contributed by atoms with Crippen LogP contribution in [0.2, 0.25) is 0 Å². The first-order chi connectivity index (χ1) is 10.6. The normalized spacial score (nSPS) is 25.1. The Bertz CT molecular complexity index is 452. The van der Waals surface area contributed by atoms with Crippen molar-refractivity contribution in [1.82, 2.24) is 5.32 Å². The Labute approximate surface area is 133 Å². The summed E-state index contributed by atoms with van der Waals surface area (Å²) in [6.45, 7) is 5.00. The number of hydrogen-bond donors (Lipinski definition) is 2. The third kappa shape index (κ3) is 4.97. The zero-order valence-electron chi connectivity index (χ0n) is 13.8. The second-order valence-electron chi connectivity index (χ2n) is 6.51. The van der Waals surface area contributed by atoms with Crippen molar-refractivity contribution in [2.45, 2.75) is 45.3 Å². The molecule has 22 heavy (non-hydrogen) atoms. The quantitative estimate of drug-likeness (QED) is 0.725. The number of ether oxygens (including phenoxy) is 2.